The van der Waals surface area contributed by atoms with Gasteiger partial charge in [-0.05, 0) is 39.0 Å². The summed E-state index contributed by atoms with van der Waals surface area (Å²) in [5.41, 5.74) is 1.11. The van der Waals surface area contributed by atoms with E-state index in [4.69, 9.17) is 9.15 Å². The molecular weight excluding hydrogens is 290 g/mol. The fourth-order valence-electron chi connectivity index (χ4n) is 2.20. The van der Waals surface area contributed by atoms with Crippen LogP contribution in [0.5, 0.6) is 5.75 Å². The second-order valence-corrected chi connectivity index (χ2v) is 5.22. The van der Waals surface area contributed by atoms with Crippen molar-refractivity contribution in [3.63, 3.8) is 0 Å². The van der Waals surface area contributed by atoms with E-state index in [9.17, 15) is 0 Å². The van der Waals surface area contributed by atoms with Crippen molar-refractivity contribution in [1.29, 1.82) is 0 Å². The molecule has 124 valence electrons. The van der Waals surface area contributed by atoms with Gasteiger partial charge in [-0.2, -0.15) is 0 Å². The number of nitrogens with one attached hydrogen (secondary N) is 2. The molecule has 0 fully saturated rings. The number of hydrogen-bond donors (Lipinski definition) is 2. The average molecular weight is 315 g/mol. The lowest BCUT2D eigenvalue weighted by atomic mass is 10.2. The van der Waals surface area contributed by atoms with E-state index in [0.29, 0.717) is 19.7 Å². The minimum Gasteiger partial charge on any atom is -0.492 e. The lowest BCUT2D eigenvalue weighted by molar-refractivity contribution is 0.322. The number of rotatable bonds is 7. The van der Waals surface area contributed by atoms with Crippen LogP contribution < -0.4 is 15.4 Å². The van der Waals surface area contributed by atoms with Crippen molar-refractivity contribution in [3.8, 4) is 5.75 Å². The molecule has 0 radical (unpaired) electrons. The third-order valence-electron chi connectivity index (χ3n) is 3.30. The Morgan fingerprint density at radius 2 is 1.96 bits per heavy atom. The van der Waals surface area contributed by atoms with Gasteiger partial charge in [-0.1, -0.05) is 18.2 Å². The molecule has 2 rings (SSSR count). The van der Waals surface area contributed by atoms with Gasteiger partial charge in [0.15, 0.2) is 5.96 Å². The molecule has 0 amide bonds. The molecule has 5 nitrogen and oxygen atoms in total. The van der Waals surface area contributed by atoms with E-state index in [-0.39, 0.29) is 0 Å². The van der Waals surface area contributed by atoms with Crippen LogP contribution in [0.3, 0.4) is 0 Å². The van der Waals surface area contributed by atoms with Crippen molar-refractivity contribution < 1.29 is 9.15 Å². The number of guanidine groups is 1. The predicted molar refractivity (Wildman–Crippen MR) is 92.9 cm³/mol. The Balaban J connectivity index is 1.81. The SMILES string of the molecule is CCNC(=NCc1cc(C)oc1C)NCCOc1ccccc1. The van der Waals surface area contributed by atoms with Gasteiger partial charge in [-0.15, -0.1) is 0 Å². The maximum atomic E-state index is 5.66. The van der Waals surface area contributed by atoms with Crippen molar-refractivity contribution in [3.05, 3.63) is 53.5 Å². The number of para-hydroxylation sites is 1. The van der Waals surface area contributed by atoms with E-state index < -0.39 is 0 Å². The monoisotopic (exact) mass is 315 g/mol. The first kappa shape index (κ1) is 16.9. The molecule has 23 heavy (non-hydrogen) atoms. The van der Waals surface area contributed by atoms with Crippen molar-refractivity contribution in [2.45, 2.75) is 27.3 Å². The molecule has 0 aliphatic heterocycles. The largest absolute Gasteiger partial charge is 0.492 e. The highest BCUT2D eigenvalue weighted by molar-refractivity contribution is 5.79. The summed E-state index contributed by atoms with van der Waals surface area (Å²) in [6, 6.07) is 11.8. The number of furan rings is 1. The number of ether oxygens (including phenoxy) is 1. The van der Waals surface area contributed by atoms with Gasteiger partial charge in [-0.3, -0.25) is 0 Å². The van der Waals surface area contributed by atoms with E-state index in [1.54, 1.807) is 0 Å². The second-order valence-electron chi connectivity index (χ2n) is 5.22. The predicted octanol–water partition coefficient (Wildman–Crippen LogP) is 3.03. The standard InChI is InChI=1S/C18H25N3O2/c1-4-19-18(21-13-16-12-14(2)23-15(16)3)20-10-11-22-17-8-6-5-7-9-17/h5-9,12H,4,10-11,13H2,1-3H3,(H2,19,20,21). The summed E-state index contributed by atoms with van der Waals surface area (Å²) in [6.45, 7) is 8.64. The highest BCUT2D eigenvalue weighted by atomic mass is 16.5. The number of nitrogens with zero attached hydrogens (tertiary/aromatic N) is 1. The smallest absolute Gasteiger partial charge is 0.191 e. The summed E-state index contributed by atoms with van der Waals surface area (Å²) < 4.78 is 11.2. The summed E-state index contributed by atoms with van der Waals surface area (Å²) in [6.07, 6.45) is 0. The van der Waals surface area contributed by atoms with E-state index in [0.717, 1.165) is 35.3 Å². The van der Waals surface area contributed by atoms with E-state index in [1.165, 1.54) is 0 Å². The summed E-state index contributed by atoms with van der Waals surface area (Å²) in [7, 11) is 0. The van der Waals surface area contributed by atoms with Crippen LogP contribution in [-0.4, -0.2) is 25.7 Å². The molecule has 5 heteroatoms. The summed E-state index contributed by atoms with van der Waals surface area (Å²) in [4.78, 5) is 4.58. The lowest BCUT2D eigenvalue weighted by Gasteiger charge is -2.12. The van der Waals surface area contributed by atoms with Crippen molar-refractivity contribution in [1.82, 2.24) is 10.6 Å². The fourth-order valence-corrected chi connectivity index (χ4v) is 2.20. The van der Waals surface area contributed by atoms with E-state index >= 15 is 0 Å². The highest BCUT2D eigenvalue weighted by Crippen LogP contribution is 2.14. The quantitative estimate of drug-likeness (QED) is 0.468. The van der Waals surface area contributed by atoms with Crippen LogP contribution in [0, 0.1) is 13.8 Å². The van der Waals surface area contributed by atoms with Crippen LogP contribution in [-0.2, 0) is 6.54 Å². The highest BCUT2D eigenvalue weighted by Gasteiger charge is 2.04. The van der Waals surface area contributed by atoms with Crippen molar-refractivity contribution in [2.24, 2.45) is 4.99 Å². The molecule has 2 N–H and O–H groups in total. The molecular formula is C18H25N3O2. The van der Waals surface area contributed by atoms with Gasteiger partial charge in [0.1, 0.15) is 23.9 Å². The second kappa shape index (κ2) is 8.88. The minimum atomic E-state index is 0.582. The van der Waals surface area contributed by atoms with Gasteiger partial charge in [0.25, 0.3) is 0 Å². The third kappa shape index (κ3) is 5.70. The van der Waals surface area contributed by atoms with Gasteiger partial charge < -0.3 is 19.8 Å². The van der Waals surface area contributed by atoms with Crippen LogP contribution in [0.4, 0.5) is 0 Å². The molecule has 0 aliphatic carbocycles. The van der Waals surface area contributed by atoms with Crippen LogP contribution in [0.2, 0.25) is 0 Å². The molecule has 1 aromatic carbocycles. The number of aliphatic imine (C=N–C) groups is 1. The van der Waals surface area contributed by atoms with E-state index in [1.807, 2.05) is 57.2 Å². The summed E-state index contributed by atoms with van der Waals surface area (Å²) >= 11 is 0. The molecule has 2 aromatic rings. The van der Waals surface area contributed by atoms with Crippen molar-refractivity contribution >= 4 is 5.96 Å². The van der Waals surface area contributed by atoms with Gasteiger partial charge in [0, 0.05) is 12.1 Å². The van der Waals surface area contributed by atoms with Crippen LogP contribution in [0.25, 0.3) is 0 Å². The van der Waals surface area contributed by atoms with Gasteiger partial charge in [0.2, 0.25) is 0 Å². The zero-order chi connectivity index (χ0) is 16.5. The van der Waals surface area contributed by atoms with Crippen LogP contribution in [0.15, 0.2) is 45.8 Å². The molecule has 0 saturated carbocycles. The maximum absolute atomic E-state index is 5.66. The number of benzene rings is 1. The Morgan fingerprint density at radius 1 is 1.17 bits per heavy atom. The normalized spacial score (nSPS) is 11.3. The Kier molecular flexibility index (Phi) is 6.54. The molecule has 1 heterocycles. The Labute approximate surface area is 137 Å². The summed E-state index contributed by atoms with van der Waals surface area (Å²) in [5, 5.41) is 6.50. The Morgan fingerprint density at radius 3 is 2.61 bits per heavy atom. The third-order valence-corrected chi connectivity index (χ3v) is 3.30. The van der Waals surface area contributed by atoms with Gasteiger partial charge in [-0.25, -0.2) is 4.99 Å². The minimum absolute atomic E-state index is 0.582. The molecule has 0 unspecified atom stereocenters. The zero-order valence-corrected chi connectivity index (χ0v) is 14.1. The van der Waals surface area contributed by atoms with Gasteiger partial charge in [0.05, 0.1) is 13.1 Å². The first-order valence-corrected chi connectivity index (χ1v) is 7.95. The van der Waals surface area contributed by atoms with Crippen LogP contribution in [0.1, 0.15) is 24.0 Å². The molecule has 0 atom stereocenters. The molecule has 0 bridgehead atoms. The van der Waals surface area contributed by atoms with Crippen molar-refractivity contribution in [2.75, 3.05) is 19.7 Å². The fraction of sp³-hybridized carbons (Fsp3) is 0.389. The summed E-state index contributed by atoms with van der Waals surface area (Å²) in [5.74, 6) is 3.50. The Hall–Kier alpha value is -2.43. The zero-order valence-electron chi connectivity index (χ0n) is 14.1. The van der Waals surface area contributed by atoms with Gasteiger partial charge >= 0.3 is 0 Å². The first-order valence-electron chi connectivity index (χ1n) is 7.95. The molecule has 0 saturated heterocycles. The average Bonchev–Trinajstić information content (AvgIpc) is 2.87. The topological polar surface area (TPSA) is 58.8 Å². The number of aryl methyl sites for hydroxylation is 2. The maximum Gasteiger partial charge on any atom is 0.191 e. The van der Waals surface area contributed by atoms with Crippen LogP contribution >= 0.6 is 0 Å². The molecule has 0 aliphatic rings. The lowest BCUT2D eigenvalue weighted by Crippen LogP contribution is -2.39. The van der Waals surface area contributed by atoms with E-state index in [2.05, 4.69) is 15.6 Å². The molecule has 1 aromatic heterocycles. The first-order chi connectivity index (χ1) is 11.2. The number of hydrogen-bond acceptors (Lipinski definition) is 3. The molecule has 0 spiro atoms. The Bertz CT molecular complexity index is 620.